The first-order chi connectivity index (χ1) is 9.13. The molecule has 2 rings (SSSR count). The van der Waals surface area contributed by atoms with Gasteiger partial charge in [-0.1, -0.05) is 0 Å². The second-order valence-electron chi connectivity index (χ2n) is 4.11. The normalized spacial score (nSPS) is 19.9. The number of carboxylic acids is 1. The molecule has 0 spiro atoms. The number of thiophene rings is 1. The van der Waals surface area contributed by atoms with Gasteiger partial charge in [0.15, 0.2) is 9.84 Å². The number of carbonyl (C=O) groups is 1. The number of sulfonamides is 1. The lowest BCUT2D eigenvalue weighted by Gasteiger charge is -2.25. The maximum atomic E-state index is 12.4. The minimum absolute atomic E-state index is 0.0971. The van der Waals surface area contributed by atoms with Crippen molar-refractivity contribution in [3.63, 3.8) is 0 Å². The molecule has 1 aliphatic heterocycles. The molecule has 1 saturated heterocycles. The van der Waals surface area contributed by atoms with Crippen molar-refractivity contribution in [3.8, 4) is 0 Å². The average Bonchev–Trinajstić information content (AvgIpc) is 2.71. The van der Waals surface area contributed by atoms with E-state index in [9.17, 15) is 21.6 Å². The third-order valence-corrected chi connectivity index (χ3v) is 8.54. The Kier molecular flexibility index (Phi) is 4.27. The Labute approximate surface area is 128 Å². The lowest BCUT2D eigenvalue weighted by atomic mass is 10.5. The lowest BCUT2D eigenvalue weighted by Crippen LogP contribution is -2.43. The molecule has 112 valence electrons. The number of carboxylic acid groups (broad SMARTS) is 1. The van der Waals surface area contributed by atoms with Crippen LogP contribution < -0.4 is 0 Å². The molecule has 1 fully saturated rings. The molecule has 1 aromatic heterocycles. The van der Waals surface area contributed by atoms with Crippen LogP contribution in [0.3, 0.4) is 0 Å². The van der Waals surface area contributed by atoms with Gasteiger partial charge in [0.05, 0.1) is 15.3 Å². The van der Waals surface area contributed by atoms with Crippen molar-refractivity contribution in [3.05, 3.63) is 14.7 Å². The molecule has 0 radical (unpaired) electrons. The van der Waals surface area contributed by atoms with Gasteiger partial charge in [-0.2, -0.15) is 4.31 Å². The van der Waals surface area contributed by atoms with Crippen LogP contribution in [0.2, 0.25) is 0 Å². The van der Waals surface area contributed by atoms with Crippen LogP contribution in [0.15, 0.2) is 14.7 Å². The quantitative estimate of drug-likeness (QED) is 0.792. The summed E-state index contributed by atoms with van der Waals surface area (Å²) >= 11 is 3.85. The van der Waals surface area contributed by atoms with Gasteiger partial charge in [0.1, 0.15) is 9.77 Å². The molecule has 2 heterocycles. The van der Waals surface area contributed by atoms with E-state index < -0.39 is 25.8 Å². The second-order valence-corrected chi connectivity index (χ2v) is 10.7. The van der Waals surface area contributed by atoms with Crippen molar-refractivity contribution < 1.29 is 26.7 Å². The zero-order valence-corrected chi connectivity index (χ0v) is 14.0. The van der Waals surface area contributed by atoms with Crippen molar-refractivity contribution in [2.24, 2.45) is 0 Å². The highest BCUT2D eigenvalue weighted by Crippen LogP contribution is 2.33. The van der Waals surface area contributed by atoms with E-state index in [-0.39, 0.29) is 38.2 Å². The van der Waals surface area contributed by atoms with Gasteiger partial charge >= 0.3 is 5.97 Å². The fourth-order valence-corrected chi connectivity index (χ4v) is 6.94. The van der Waals surface area contributed by atoms with Gasteiger partial charge in [0.25, 0.3) is 0 Å². The number of aromatic carboxylic acids is 1. The number of hydrogen-bond donors (Lipinski definition) is 1. The summed E-state index contributed by atoms with van der Waals surface area (Å²) in [5, 5.41) is 8.87. The largest absolute Gasteiger partial charge is 0.477 e. The molecule has 20 heavy (non-hydrogen) atoms. The zero-order valence-electron chi connectivity index (χ0n) is 9.94. The Balaban J connectivity index is 2.34. The molecule has 0 unspecified atom stereocenters. The first-order valence-corrected chi connectivity index (χ1v) is 10.2. The Bertz CT molecular complexity index is 737. The smallest absolute Gasteiger partial charge is 0.345 e. The van der Waals surface area contributed by atoms with Gasteiger partial charge in [-0.15, -0.1) is 11.3 Å². The molecular weight excluding hydrogens is 394 g/mol. The summed E-state index contributed by atoms with van der Waals surface area (Å²) in [6, 6.07) is 1.08. The summed E-state index contributed by atoms with van der Waals surface area (Å²) < 4.78 is 48.6. The van der Waals surface area contributed by atoms with Gasteiger partial charge in [-0.05, 0) is 22.0 Å². The molecular formula is C9H10BrNO6S3. The first-order valence-electron chi connectivity index (χ1n) is 5.37. The van der Waals surface area contributed by atoms with E-state index in [0.717, 1.165) is 21.7 Å². The van der Waals surface area contributed by atoms with Crippen molar-refractivity contribution in [2.75, 3.05) is 24.6 Å². The third kappa shape index (κ3) is 3.06. The minimum atomic E-state index is -3.89. The summed E-state index contributed by atoms with van der Waals surface area (Å²) in [5.41, 5.74) is 0. The Hall–Kier alpha value is -0.490. The summed E-state index contributed by atoms with van der Waals surface area (Å²) in [7, 11) is -7.07. The highest BCUT2D eigenvalue weighted by atomic mass is 79.9. The molecule has 11 heteroatoms. The minimum Gasteiger partial charge on any atom is -0.477 e. The summed E-state index contributed by atoms with van der Waals surface area (Å²) in [6.07, 6.45) is 0. The predicted octanol–water partition coefficient (Wildman–Crippen LogP) is 0.628. The fraction of sp³-hybridized carbons (Fsp3) is 0.444. The van der Waals surface area contributed by atoms with Crippen molar-refractivity contribution >= 4 is 53.1 Å². The molecule has 0 bridgehead atoms. The molecule has 0 atom stereocenters. The number of halogens is 1. The van der Waals surface area contributed by atoms with E-state index in [2.05, 4.69) is 15.9 Å². The monoisotopic (exact) mass is 403 g/mol. The van der Waals surface area contributed by atoms with Crippen LogP contribution in [0.25, 0.3) is 0 Å². The van der Waals surface area contributed by atoms with E-state index in [1.807, 2.05) is 0 Å². The lowest BCUT2D eigenvalue weighted by molar-refractivity contribution is 0.0702. The van der Waals surface area contributed by atoms with Crippen LogP contribution in [0.1, 0.15) is 9.67 Å². The molecule has 1 aliphatic rings. The van der Waals surface area contributed by atoms with Crippen LogP contribution >= 0.6 is 27.3 Å². The molecule has 0 aromatic carbocycles. The Morgan fingerprint density at radius 2 is 1.90 bits per heavy atom. The maximum absolute atomic E-state index is 12.4. The van der Waals surface area contributed by atoms with Crippen LogP contribution in [-0.4, -0.2) is 56.8 Å². The second kappa shape index (κ2) is 5.37. The van der Waals surface area contributed by atoms with Crippen LogP contribution in [0.5, 0.6) is 0 Å². The zero-order chi connectivity index (χ0) is 15.1. The van der Waals surface area contributed by atoms with E-state index in [1.165, 1.54) is 0 Å². The highest BCUT2D eigenvalue weighted by Gasteiger charge is 2.33. The van der Waals surface area contributed by atoms with Gasteiger partial charge in [-0.25, -0.2) is 21.6 Å². The molecule has 0 amide bonds. The third-order valence-electron chi connectivity index (χ3n) is 2.79. The number of rotatable bonds is 3. The van der Waals surface area contributed by atoms with Crippen LogP contribution in [-0.2, 0) is 19.9 Å². The first kappa shape index (κ1) is 15.9. The SMILES string of the molecule is O=C(O)c1cc(S(=O)(=O)N2CCS(=O)(=O)CC2)c(Br)s1. The Morgan fingerprint density at radius 1 is 1.35 bits per heavy atom. The van der Waals surface area contributed by atoms with E-state index in [0.29, 0.717) is 0 Å². The van der Waals surface area contributed by atoms with Crippen LogP contribution in [0.4, 0.5) is 0 Å². The van der Waals surface area contributed by atoms with Gasteiger partial charge in [0, 0.05) is 13.1 Å². The summed E-state index contributed by atoms with van der Waals surface area (Å²) in [5.74, 6) is -1.65. The predicted molar refractivity (Wildman–Crippen MR) is 76.4 cm³/mol. The van der Waals surface area contributed by atoms with Gasteiger partial charge in [0.2, 0.25) is 10.0 Å². The Morgan fingerprint density at radius 3 is 2.35 bits per heavy atom. The average molecular weight is 404 g/mol. The molecule has 0 aliphatic carbocycles. The molecule has 1 N–H and O–H groups in total. The highest BCUT2D eigenvalue weighted by molar-refractivity contribution is 9.11. The standard InChI is InChI=1S/C9H10BrNO6S3/c10-8-7(5-6(18-8)9(12)13)20(16,17)11-1-3-19(14,15)4-2-11/h5H,1-4H2,(H,12,13). The maximum Gasteiger partial charge on any atom is 0.345 e. The van der Waals surface area contributed by atoms with Crippen molar-refractivity contribution in [1.82, 2.24) is 4.31 Å². The van der Waals surface area contributed by atoms with Crippen LogP contribution in [0, 0.1) is 0 Å². The van der Waals surface area contributed by atoms with Crippen molar-refractivity contribution in [2.45, 2.75) is 4.90 Å². The molecule has 1 aromatic rings. The summed E-state index contributed by atoms with van der Waals surface area (Å²) in [6.45, 7) is -0.231. The van der Waals surface area contributed by atoms with Gasteiger partial charge in [-0.3, -0.25) is 0 Å². The topological polar surface area (TPSA) is 109 Å². The fourth-order valence-electron chi connectivity index (χ4n) is 1.71. The molecule has 7 nitrogen and oxygen atoms in total. The van der Waals surface area contributed by atoms with Gasteiger partial charge < -0.3 is 5.11 Å². The van der Waals surface area contributed by atoms with Crippen molar-refractivity contribution in [1.29, 1.82) is 0 Å². The number of nitrogens with zero attached hydrogens (tertiary/aromatic N) is 1. The van der Waals surface area contributed by atoms with E-state index in [4.69, 9.17) is 5.11 Å². The van der Waals surface area contributed by atoms with E-state index >= 15 is 0 Å². The van der Waals surface area contributed by atoms with E-state index in [1.54, 1.807) is 0 Å². The summed E-state index contributed by atoms with van der Waals surface area (Å²) in [4.78, 5) is 10.6. The molecule has 0 saturated carbocycles. The number of sulfone groups is 1. The number of hydrogen-bond acceptors (Lipinski definition) is 6.